The van der Waals surface area contributed by atoms with E-state index >= 15 is 0 Å². The number of ether oxygens (including phenoxy) is 1. The number of nitrogens with two attached hydrogens (primary N) is 1. The summed E-state index contributed by atoms with van der Waals surface area (Å²) < 4.78 is 18.0. The lowest BCUT2D eigenvalue weighted by molar-refractivity contribution is -0.119. The van der Waals surface area contributed by atoms with Gasteiger partial charge in [-0.1, -0.05) is 0 Å². The monoisotopic (exact) mass is 400 g/mol. The molecule has 0 fully saturated rings. The first-order valence-corrected chi connectivity index (χ1v) is 7.85. The third kappa shape index (κ3) is 4.36. The van der Waals surface area contributed by atoms with Crippen LogP contribution in [-0.4, -0.2) is 24.4 Å². The quantitative estimate of drug-likeness (QED) is 0.753. The van der Waals surface area contributed by atoms with Gasteiger partial charge in [-0.3, -0.25) is 9.59 Å². The second kappa shape index (κ2) is 7.34. The van der Waals surface area contributed by atoms with Gasteiger partial charge < -0.3 is 15.8 Å². The second-order valence-electron chi connectivity index (χ2n) is 4.28. The zero-order chi connectivity index (χ0) is 17.0. The molecule has 1 aromatic heterocycles. The van der Waals surface area contributed by atoms with E-state index in [1.54, 1.807) is 5.38 Å². The fraction of sp³-hybridized carbons (Fsp3) is 0.0714. The molecule has 1 aromatic carbocycles. The molecule has 0 saturated carbocycles. The first kappa shape index (κ1) is 17.1. The molecule has 0 aliphatic carbocycles. The Balaban J connectivity index is 1.95. The number of thiophene rings is 1. The number of carbonyl (C=O) groups excluding carboxylic acids is 3. The lowest BCUT2D eigenvalue weighted by Crippen LogP contribution is -2.22. The highest BCUT2D eigenvalue weighted by Crippen LogP contribution is 2.22. The van der Waals surface area contributed by atoms with Gasteiger partial charge in [0.1, 0.15) is 10.8 Å². The molecule has 3 N–H and O–H groups in total. The topological polar surface area (TPSA) is 98.5 Å². The minimum atomic E-state index is -0.784. The third-order valence-electron chi connectivity index (χ3n) is 2.67. The van der Waals surface area contributed by atoms with E-state index in [0.717, 1.165) is 23.5 Å². The van der Waals surface area contributed by atoms with E-state index < -0.39 is 30.2 Å². The highest BCUT2D eigenvalue weighted by molar-refractivity contribution is 9.10. The Bertz CT molecular complexity index is 778. The summed E-state index contributed by atoms with van der Waals surface area (Å²) in [5, 5.41) is 4.31. The summed E-state index contributed by atoms with van der Waals surface area (Å²) in [7, 11) is 0. The molecule has 0 spiro atoms. The average Bonchev–Trinajstić information content (AvgIpc) is 2.93. The number of carbonyl (C=O) groups is 3. The molecule has 0 atom stereocenters. The highest BCUT2D eigenvalue weighted by atomic mass is 79.9. The smallest absolute Gasteiger partial charge is 0.339 e. The van der Waals surface area contributed by atoms with Crippen molar-refractivity contribution in [2.75, 3.05) is 11.9 Å². The Morgan fingerprint density at radius 3 is 2.65 bits per heavy atom. The number of primary amides is 1. The summed E-state index contributed by atoms with van der Waals surface area (Å²) in [6.07, 6.45) is 0. The van der Waals surface area contributed by atoms with Crippen molar-refractivity contribution in [2.45, 2.75) is 0 Å². The normalized spacial score (nSPS) is 10.2. The standard InChI is InChI=1S/C14H10BrFN2O4S/c15-10-5-7(16)1-2-8(10)14(21)22-6-11(19)18-13-9(12(17)20)3-4-23-13/h1-5H,6H2,(H2,17,20)(H,18,19). The maximum atomic E-state index is 13.0. The van der Waals surface area contributed by atoms with Crippen LogP contribution in [0.4, 0.5) is 9.39 Å². The van der Waals surface area contributed by atoms with Gasteiger partial charge in [-0.25, -0.2) is 9.18 Å². The number of halogens is 2. The molecule has 0 saturated heterocycles. The Kier molecular flexibility index (Phi) is 5.45. The molecule has 2 amide bonds. The Hall–Kier alpha value is -2.26. The van der Waals surface area contributed by atoms with E-state index in [0.29, 0.717) is 0 Å². The van der Waals surface area contributed by atoms with Crippen molar-refractivity contribution in [3.63, 3.8) is 0 Å². The van der Waals surface area contributed by atoms with Crippen LogP contribution < -0.4 is 11.1 Å². The maximum Gasteiger partial charge on any atom is 0.339 e. The molecule has 0 radical (unpaired) electrons. The Labute approximate surface area is 142 Å². The summed E-state index contributed by atoms with van der Waals surface area (Å²) >= 11 is 4.16. The second-order valence-corrected chi connectivity index (χ2v) is 6.05. The summed E-state index contributed by atoms with van der Waals surface area (Å²) in [4.78, 5) is 34.7. The van der Waals surface area contributed by atoms with Crippen molar-refractivity contribution >= 4 is 50.1 Å². The van der Waals surface area contributed by atoms with Gasteiger partial charge in [-0.2, -0.15) is 0 Å². The van der Waals surface area contributed by atoms with Gasteiger partial charge >= 0.3 is 5.97 Å². The molecule has 1 heterocycles. The van der Waals surface area contributed by atoms with E-state index in [1.165, 1.54) is 12.1 Å². The molecule has 9 heteroatoms. The number of anilines is 1. The molecule has 2 rings (SSSR count). The van der Waals surface area contributed by atoms with Crippen LogP contribution in [0.2, 0.25) is 0 Å². The maximum absolute atomic E-state index is 13.0. The number of amides is 2. The zero-order valence-corrected chi connectivity index (χ0v) is 13.9. The van der Waals surface area contributed by atoms with E-state index in [9.17, 15) is 18.8 Å². The average molecular weight is 401 g/mol. The fourth-order valence-electron chi connectivity index (χ4n) is 1.63. The molecular formula is C14H10BrFN2O4S. The van der Waals surface area contributed by atoms with Gasteiger partial charge in [0.2, 0.25) is 0 Å². The van der Waals surface area contributed by atoms with E-state index in [4.69, 9.17) is 10.5 Å². The summed E-state index contributed by atoms with van der Waals surface area (Å²) in [6.45, 7) is -0.557. The predicted octanol–water partition coefficient (Wildman–Crippen LogP) is 2.54. The molecule has 120 valence electrons. The molecule has 0 bridgehead atoms. The van der Waals surface area contributed by atoms with Crippen LogP contribution in [0, 0.1) is 5.82 Å². The van der Waals surface area contributed by atoms with Crippen LogP contribution in [0.3, 0.4) is 0 Å². The largest absolute Gasteiger partial charge is 0.452 e. The van der Waals surface area contributed by atoms with Crippen LogP contribution in [-0.2, 0) is 9.53 Å². The van der Waals surface area contributed by atoms with Gasteiger partial charge in [0, 0.05) is 4.47 Å². The van der Waals surface area contributed by atoms with Gasteiger partial charge in [0.15, 0.2) is 6.61 Å². The van der Waals surface area contributed by atoms with Crippen LogP contribution in [0.15, 0.2) is 34.1 Å². The van der Waals surface area contributed by atoms with E-state index in [1.807, 2.05) is 0 Å². The molecule has 0 unspecified atom stereocenters. The van der Waals surface area contributed by atoms with Gasteiger partial charge in [0.25, 0.3) is 11.8 Å². The van der Waals surface area contributed by atoms with Crippen LogP contribution >= 0.6 is 27.3 Å². The van der Waals surface area contributed by atoms with Gasteiger partial charge in [0.05, 0.1) is 11.1 Å². The number of nitrogens with one attached hydrogen (secondary N) is 1. The van der Waals surface area contributed by atoms with E-state index in [2.05, 4.69) is 21.2 Å². The van der Waals surface area contributed by atoms with Crippen molar-refractivity contribution in [1.29, 1.82) is 0 Å². The number of benzene rings is 1. The number of esters is 1. The minimum absolute atomic E-state index is 0.0909. The molecule has 23 heavy (non-hydrogen) atoms. The first-order valence-electron chi connectivity index (χ1n) is 6.18. The number of hydrogen-bond acceptors (Lipinski definition) is 5. The first-order chi connectivity index (χ1) is 10.9. The van der Waals surface area contributed by atoms with Crippen molar-refractivity contribution < 1.29 is 23.5 Å². The molecule has 2 aromatic rings. The van der Waals surface area contributed by atoms with Crippen molar-refractivity contribution in [3.8, 4) is 0 Å². The van der Waals surface area contributed by atoms with Crippen molar-refractivity contribution in [2.24, 2.45) is 5.73 Å². The van der Waals surface area contributed by atoms with Crippen molar-refractivity contribution in [1.82, 2.24) is 0 Å². The summed E-state index contributed by atoms with van der Waals surface area (Å²) in [5.41, 5.74) is 5.42. The van der Waals surface area contributed by atoms with Crippen molar-refractivity contribution in [3.05, 3.63) is 51.1 Å². The molecule has 6 nitrogen and oxygen atoms in total. The van der Waals surface area contributed by atoms with Gasteiger partial charge in [-0.05, 0) is 45.6 Å². The zero-order valence-electron chi connectivity index (χ0n) is 11.5. The van der Waals surface area contributed by atoms with E-state index in [-0.39, 0.29) is 20.6 Å². The van der Waals surface area contributed by atoms with Gasteiger partial charge in [-0.15, -0.1) is 11.3 Å². The van der Waals surface area contributed by atoms with Crippen LogP contribution in [0.5, 0.6) is 0 Å². The highest BCUT2D eigenvalue weighted by Gasteiger charge is 2.16. The minimum Gasteiger partial charge on any atom is -0.452 e. The SMILES string of the molecule is NC(=O)c1ccsc1NC(=O)COC(=O)c1ccc(F)cc1Br. The number of rotatable bonds is 5. The summed E-state index contributed by atoms with van der Waals surface area (Å²) in [6, 6.07) is 4.93. The summed E-state index contributed by atoms with van der Waals surface area (Å²) in [5.74, 6) is -2.59. The number of hydrogen-bond donors (Lipinski definition) is 2. The fourth-order valence-corrected chi connectivity index (χ4v) is 2.95. The molecular weight excluding hydrogens is 391 g/mol. The Morgan fingerprint density at radius 2 is 2.00 bits per heavy atom. The Morgan fingerprint density at radius 1 is 1.26 bits per heavy atom. The molecule has 0 aliphatic rings. The molecule has 0 aliphatic heterocycles. The van der Waals surface area contributed by atoms with Crippen LogP contribution in [0.25, 0.3) is 0 Å². The lowest BCUT2D eigenvalue weighted by Gasteiger charge is -2.07. The lowest BCUT2D eigenvalue weighted by atomic mass is 10.2. The predicted molar refractivity (Wildman–Crippen MR) is 85.8 cm³/mol. The van der Waals surface area contributed by atoms with Crippen LogP contribution in [0.1, 0.15) is 20.7 Å². The third-order valence-corrected chi connectivity index (χ3v) is 4.15.